The Morgan fingerprint density at radius 1 is 1.05 bits per heavy atom. The van der Waals surface area contributed by atoms with Crippen LogP contribution in [0.4, 0.5) is 0 Å². The van der Waals surface area contributed by atoms with Gasteiger partial charge in [-0.2, -0.15) is 0 Å². The van der Waals surface area contributed by atoms with Crippen molar-refractivity contribution in [2.45, 2.75) is 84.7 Å². The third-order valence-electron chi connectivity index (χ3n) is 5.88. The van der Waals surface area contributed by atoms with Crippen LogP contribution in [-0.4, -0.2) is 47.6 Å². The molecule has 21 heavy (non-hydrogen) atoms. The molecule has 0 aromatic rings. The van der Waals surface area contributed by atoms with Gasteiger partial charge in [-0.15, -0.1) is 0 Å². The molecule has 0 amide bonds. The smallest absolute Gasteiger partial charge is 0.0153 e. The first-order valence-corrected chi connectivity index (χ1v) is 9.37. The van der Waals surface area contributed by atoms with Crippen molar-refractivity contribution in [3.8, 4) is 0 Å². The van der Waals surface area contributed by atoms with E-state index in [1.807, 2.05) is 0 Å². The van der Waals surface area contributed by atoms with Crippen molar-refractivity contribution < 1.29 is 0 Å². The maximum Gasteiger partial charge on any atom is 0.0153 e. The molecule has 0 N–H and O–H groups in total. The van der Waals surface area contributed by atoms with Crippen LogP contribution in [0.15, 0.2) is 0 Å². The summed E-state index contributed by atoms with van der Waals surface area (Å²) in [6, 6.07) is 0.713. The molecule has 0 saturated carbocycles. The summed E-state index contributed by atoms with van der Waals surface area (Å²) in [5.41, 5.74) is 0.407. The minimum Gasteiger partial charge on any atom is -0.300 e. The maximum absolute atomic E-state index is 2.75. The first-order valence-electron chi connectivity index (χ1n) is 9.37. The van der Waals surface area contributed by atoms with E-state index in [2.05, 4.69) is 44.4 Å². The van der Waals surface area contributed by atoms with Gasteiger partial charge in [-0.3, -0.25) is 4.90 Å². The Labute approximate surface area is 133 Å². The minimum absolute atomic E-state index is 0.407. The van der Waals surface area contributed by atoms with Gasteiger partial charge in [0.1, 0.15) is 0 Å². The largest absolute Gasteiger partial charge is 0.300 e. The molecule has 2 atom stereocenters. The van der Waals surface area contributed by atoms with Crippen LogP contribution >= 0.6 is 0 Å². The predicted molar refractivity (Wildman–Crippen MR) is 92.7 cm³/mol. The first-order chi connectivity index (χ1) is 9.88. The highest BCUT2D eigenvalue weighted by molar-refractivity contribution is 4.86. The van der Waals surface area contributed by atoms with E-state index in [0.29, 0.717) is 11.6 Å². The average molecular weight is 295 g/mol. The number of hydrogen-bond donors (Lipinski definition) is 0. The minimum atomic E-state index is 0.407. The van der Waals surface area contributed by atoms with Gasteiger partial charge in [-0.1, -0.05) is 13.3 Å². The Hall–Kier alpha value is -0.0800. The second-order valence-corrected chi connectivity index (χ2v) is 8.65. The summed E-state index contributed by atoms with van der Waals surface area (Å²) >= 11 is 0. The van der Waals surface area contributed by atoms with Gasteiger partial charge in [0.15, 0.2) is 0 Å². The summed E-state index contributed by atoms with van der Waals surface area (Å²) in [4.78, 5) is 5.45. The quantitative estimate of drug-likeness (QED) is 0.741. The van der Waals surface area contributed by atoms with Crippen LogP contribution in [0.25, 0.3) is 0 Å². The van der Waals surface area contributed by atoms with Gasteiger partial charge in [-0.05, 0) is 84.7 Å². The fourth-order valence-electron chi connectivity index (χ4n) is 4.37. The van der Waals surface area contributed by atoms with Crippen molar-refractivity contribution in [1.82, 2.24) is 9.80 Å². The van der Waals surface area contributed by atoms with Gasteiger partial charge in [0.05, 0.1) is 0 Å². The fourth-order valence-corrected chi connectivity index (χ4v) is 4.37. The van der Waals surface area contributed by atoms with Gasteiger partial charge in [0.25, 0.3) is 0 Å². The first kappa shape index (κ1) is 17.3. The van der Waals surface area contributed by atoms with E-state index in [0.717, 1.165) is 11.8 Å². The summed E-state index contributed by atoms with van der Waals surface area (Å²) < 4.78 is 0. The average Bonchev–Trinajstić information content (AvgIpc) is 2.45. The third kappa shape index (κ3) is 4.96. The molecule has 2 nitrogen and oxygen atoms in total. The highest BCUT2D eigenvalue weighted by Crippen LogP contribution is 2.31. The van der Waals surface area contributed by atoms with Gasteiger partial charge in [0, 0.05) is 24.7 Å². The van der Waals surface area contributed by atoms with E-state index in [1.165, 1.54) is 64.7 Å². The van der Waals surface area contributed by atoms with Crippen LogP contribution in [0.2, 0.25) is 0 Å². The number of nitrogens with zero attached hydrogens (tertiary/aromatic N) is 2. The molecule has 2 aliphatic rings. The Kier molecular flexibility index (Phi) is 6.14. The van der Waals surface area contributed by atoms with Crippen molar-refractivity contribution in [2.75, 3.05) is 26.2 Å². The topological polar surface area (TPSA) is 6.48 Å². The molecule has 0 aromatic carbocycles. The molecule has 0 spiro atoms. The second kappa shape index (κ2) is 7.46. The Balaban J connectivity index is 1.83. The highest BCUT2D eigenvalue weighted by Gasteiger charge is 2.31. The number of rotatable bonds is 5. The van der Waals surface area contributed by atoms with Crippen molar-refractivity contribution in [3.05, 3.63) is 0 Å². The SMILES string of the molecule is CC1CC(CCC(C)(C)N2CCCCC2)CN(C(C)C)C1. The third-order valence-corrected chi connectivity index (χ3v) is 5.88. The maximum atomic E-state index is 2.75. The molecule has 0 bridgehead atoms. The van der Waals surface area contributed by atoms with Crippen molar-refractivity contribution in [1.29, 1.82) is 0 Å². The molecule has 2 unspecified atom stereocenters. The van der Waals surface area contributed by atoms with E-state index in [1.54, 1.807) is 0 Å². The van der Waals surface area contributed by atoms with Gasteiger partial charge < -0.3 is 4.90 Å². The number of piperidine rings is 2. The van der Waals surface area contributed by atoms with Crippen LogP contribution in [0, 0.1) is 11.8 Å². The summed E-state index contributed by atoms with van der Waals surface area (Å²) in [5.74, 6) is 1.80. The van der Waals surface area contributed by atoms with Crippen LogP contribution in [0.1, 0.15) is 73.1 Å². The molecule has 2 aliphatic heterocycles. The molecule has 2 heterocycles. The van der Waals surface area contributed by atoms with E-state index in [9.17, 15) is 0 Å². The molecule has 0 aliphatic carbocycles. The lowest BCUT2D eigenvalue weighted by Gasteiger charge is -2.43. The summed E-state index contributed by atoms with van der Waals surface area (Å²) in [5, 5.41) is 0. The van der Waals surface area contributed by atoms with Crippen LogP contribution in [0.3, 0.4) is 0 Å². The Morgan fingerprint density at radius 2 is 1.71 bits per heavy atom. The van der Waals surface area contributed by atoms with Crippen molar-refractivity contribution >= 4 is 0 Å². The molecule has 0 aromatic heterocycles. The van der Waals surface area contributed by atoms with Gasteiger partial charge in [-0.25, -0.2) is 0 Å². The zero-order valence-corrected chi connectivity index (χ0v) is 15.2. The molecule has 2 fully saturated rings. The second-order valence-electron chi connectivity index (χ2n) is 8.65. The fraction of sp³-hybridized carbons (Fsp3) is 1.00. The van der Waals surface area contributed by atoms with Crippen LogP contribution < -0.4 is 0 Å². The van der Waals surface area contributed by atoms with Gasteiger partial charge in [0.2, 0.25) is 0 Å². The van der Waals surface area contributed by atoms with Crippen molar-refractivity contribution in [2.24, 2.45) is 11.8 Å². The number of hydrogen-bond acceptors (Lipinski definition) is 2. The molecule has 2 saturated heterocycles. The summed E-state index contributed by atoms with van der Waals surface area (Å²) in [6.45, 7) is 17.4. The lowest BCUT2D eigenvalue weighted by Crippen LogP contribution is -2.48. The normalized spacial score (nSPS) is 30.0. The summed E-state index contributed by atoms with van der Waals surface area (Å²) in [7, 11) is 0. The van der Waals surface area contributed by atoms with Crippen LogP contribution in [-0.2, 0) is 0 Å². The van der Waals surface area contributed by atoms with Crippen LogP contribution in [0.5, 0.6) is 0 Å². The molecule has 124 valence electrons. The Morgan fingerprint density at radius 3 is 2.33 bits per heavy atom. The number of likely N-dealkylation sites (tertiary alicyclic amines) is 2. The lowest BCUT2D eigenvalue weighted by atomic mass is 9.82. The lowest BCUT2D eigenvalue weighted by molar-refractivity contribution is 0.0615. The highest BCUT2D eigenvalue weighted by atomic mass is 15.2. The molecule has 2 heteroatoms. The standard InChI is InChI=1S/C19H38N2/c1-16(2)20-14-17(3)13-18(15-20)9-10-19(4,5)21-11-7-6-8-12-21/h16-18H,6-15H2,1-5H3. The zero-order chi connectivity index (χ0) is 15.5. The molecular weight excluding hydrogens is 256 g/mol. The van der Waals surface area contributed by atoms with E-state index < -0.39 is 0 Å². The van der Waals surface area contributed by atoms with E-state index in [-0.39, 0.29) is 0 Å². The van der Waals surface area contributed by atoms with E-state index >= 15 is 0 Å². The molecule has 2 rings (SSSR count). The van der Waals surface area contributed by atoms with E-state index in [4.69, 9.17) is 0 Å². The van der Waals surface area contributed by atoms with Crippen molar-refractivity contribution in [3.63, 3.8) is 0 Å². The Bertz CT molecular complexity index is 305. The predicted octanol–water partition coefficient (Wildman–Crippen LogP) is 4.40. The molecule has 0 radical (unpaired) electrons. The monoisotopic (exact) mass is 294 g/mol. The zero-order valence-electron chi connectivity index (χ0n) is 15.2. The van der Waals surface area contributed by atoms with Gasteiger partial charge >= 0.3 is 0 Å². The summed E-state index contributed by atoms with van der Waals surface area (Å²) in [6.07, 6.45) is 8.48. The molecular formula is C19H38N2.